The molecule has 0 saturated carbocycles. The summed E-state index contributed by atoms with van der Waals surface area (Å²) in [4.78, 5) is 13.5. The number of aryl methyl sites for hydroxylation is 3. The molecule has 0 aliphatic carbocycles. The Morgan fingerprint density at radius 1 is 1.06 bits per heavy atom. The van der Waals surface area contributed by atoms with Gasteiger partial charge in [-0.05, 0) is 51.3 Å². The number of nitrogens with one attached hydrogen (secondary N) is 1. The van der Waals surface area contributed by atoms with Crippen LogP contribution in [0.25, 0.3) is 0 Å². The van der Waals surface area contributed by atoms with Gasteiger partial charge in [0.05, 0.1) is 34.2 Å². The van der Waals surface area contributed by atoms with E-state index in [-0.39, 0.29) is 5.91 Å². The fraction of sp³-hybridized carbons (Fsp3) is 0.292. The molecule has 32 heavy (non-hydrogen) atoms. The zero-order valence-electron chi connectivity index (χ0n) is 19.0. The SMILES string of the molecule is Cc1nn(C)c(C)c1Cn1nc(C)c(NC(=O)c2cc(COc3ccccc3)cs2)c1C. The molecule has 4 rings (SSSR count). The van der Waals surface area contributed by atoms with Crippen LogP contribution in [-0.4, -0.2) is 25.5 Å². The summed E-state index contributed by atoms with van der Waals surface area (Å²) in [6.07, 6.45) is 0. The minimum absolute atomic E-state index is 0.138. The smallest absolute Gasteiger partial charge is 0.265 e. The maximum atomic E-state index is 12.9. The Kier molecular flexibility index (Phi) is 6.14. The van der Waals surface area contributed by atoms with E-state index in [4.69, 9.17) is 4.74 Å². The van der Waals surface area contributed by atoms with Gasteiger partial charge in [-0.1, -0.05) is 18.2 Å². The topological polar surface area (TPSA) is 74.0 Å². The molecule has 0 fully saturated rings. The maximum Gasteiger partial charge on any atom is 0.265 e. The second kappa shape index (κ2) is 9.00. The number of benzene rings is 1. The van der Waals surface area contributed by atoms with Gasteiger partial charge >= 0.3 is 0 Å². The van der Waals surface area contributed by atoms with E-state index in [1.54, 1.807) is 0 Å². The molecule has 0 saturated heterocycles. The summed E-state index contributed by atoms with van der Waals surface area (Å²) >= 11 is 1.41. The van der Waals surface area contributed by atoms with Crippen LogP contribution in [0, 0.1) is 27.7 Å². The van der Waals surface area contributed by atoms with Gasteiger partial charge in [0, 0.05) is 23.9 Å². The quantitative estimate of drug-likeness (QED) is 0.440. The molecular formula is C24H27N5O2S. The van der Waals surface area contributed by atoms with Crippen LogP contribution < -0.4 is 10.1 Å². The molecule has 3 aromatic heterocycles. The molecule has 7 nitrogen and oxygen atoms in total. The van der Waals surface area contributed by atoms with E-state index in [2.05, 4.69) is 22.4 Å². The summed E-state index contributed by atoms with van der Waals surface area (Å²) in [6, 6.07) is 11.5. The van der Waals surface area contributed by atoms with Crippen LogP contribution in [0.3, 0.4) is 0 Å². The van der Waals surface area contributed by atoms with E-state index in [0.29, 0.717) is 18.0 Å². The van der Waals surface area contributed by atoms with Crippen molar-refractivity contribution >= 4 is 22.9 Å². The number of ether oxygens (including phenoxy) is 1. The van der Waals surface area contributed by atoms with Crippen molar-refractivity contribution in [1.29, 1.82) is 0 Å². The average molecular weight is 450 g/mol. The molecule has 4 aromatic rings. The Bertz CT molecular complexity index is 1250. The molecule has 1 aromatic carbocycles. The number of nitrogens with zero attached hydrogens (tertiary/aromatic N) is 4. The van der Waals surface area contributed by atoms with Gasteiger partial charge < -0.3 is 10.1 Å². The minimum atomic E-state index is -0.138. The molecular weight excluding hydrogens is 422 g/mol. The van der Waals surface area contributed by atoms with Crippen molar-refractivity contribution in [2.45, 2.75) is 40.8 Å². The van der Waals surface area contributed by atoms with Gasteiger partial charge in [0.2, 0.25) is 0 Å². The van der Waals surface area contributed by atoms with Crippen molar-refractivity contribution in [2.24, 2.45) is 7.05 Å². The lowest BCUT2D eigenvalue weighted by molar-refractivity contribution is 0.103. The fourth-order valence-corrected chi connectivity index (χ4v) is 4.45. The van der Waals surface area contributed by atoms with Crippen molar-refractivity contribution < 1.29 is 9.53 Å². The third-order valence-corrected chi connectivity index (χ3v) is 6.59. The number of carbonyl (C=O) groups excluding carboxylic acids is 1. The van der Waals surface area contributed by atoms with Gasteiger partial charge in [-0.25, -0.2) is 0 Å². The Labute approximate surface area is 191 Å². The first-order chi connectivity index (χ1) is 15.3. The van der Waals surface area contributed by atoms with E-state index >= 15 is 0 Å². The number of hydrogen-bond donors (Lipinski definition) is 1. The highest BCUT2D eigenvalue weighted by molar-refractivity contribution is 7.12. The van der Waals surface area contributed by atoms with Crippen molar-refractivity contribution in [2.75, 3.05) is 5.32 Å². The molecule has 1 amide bonds. The number of amides is 1. The van der Waals surface area contributed by atoms with Gasteiger partial charge in [-0.3, -0.25) is 14.2 Å². The molecule has 0 unspecified atom stereocenters. The standard InChI is InChI=1S/C24H27N5O2S/c1-15-21(17(3)28(5)26-15)12-29-18(4)23(16(2)27-29)25-24(30)22-11-19(14-32-22)13-31-20-9-7-6-8-10-20/h6-11,14H,12-13H2,1-5H3,(H,25,30). The highest BCUT2D eigenvalue weighted by atomic mass is 32.1. The highest BCUT2D eigenvalue weighted by Crippen LogP contribution is 2.24. The van der Waals surface area contributed by atoms with Gasteiger partial charge in [-0.15, -0.1) is 11.3 Å². The second-order valence-corrected chi connectivity index (χ2v) is 8.76. The number of para-hydroxylation sites is 1. The first-order valence-corrected chi connectivity index (χ1v) is 11.3. The van der Waals surface area contributed by atoms with Crippen LogP contribution in [0.15, 0.2) is 41.8 Å². The summed E-state index contributed by atoms with van der Waals surface area (Å²) in [5.41, 5.74) is 6.69. The number of anilines is 1. The highest BCUT2D eigenvalue weighted by Gasteiger charge is 2.19. The first-order valence-electron chi connectivity index (χ1n) is 10.4. The molecule has 166 valence electrons. The lowest BCUT2D eigenvalue weighted by Crippen LogP contribution is -2.12. The van der Waals surface area contributed by atoms with Crippen LogP contribution in [0.5, 0.6) is 5.75 Å². The molecule has 1 N–H and O–H groups in total. The molecule has 0 bridgehead atoms. The summed E-state index contributed by atoms with van der Waals surface area (Å²) in [5, 5.41) is 14.1. The summed E-state index contributed by atoms with van der Waals surface area (Å²) < 4.78 is 9.59. The lowest BCUT2D eigenvalue weighted by atomic mass is 10.2. The number of hydrogen-bond acceptors (Lipinski definition) is 5. The summed E-state index contributed by atoms with van der Waals surface area (Å²) in [7, 11) is 1.94. The Hall–Kier alpha value is -3.39. The van der Waals surface area contributed by atoms with Crippen LogP contribution in [0.2, 0.25) is 0 Å². The van der Waals surface area contributed by atoms with E-state index in [1.165, 1.54) is 11.3 Å². The second-order valence-electron chi connectivity index (χ2n) is 7.85. The lowest BCUT2D eigenvalue weighted by Gasteiger charge is -2.07. The fourth-order valence-electron chi connectivity index (χ4n) is 3.66. The molecule has 0 atom stereocenters. The predicted molar refractivity (Wildman–Crippen MR) is 127 cm³/mol. The van der Waals surface area contributed by atoms with Crippen LogP contribution >= 0.6 is 11.3 Å². The van der Waals surface area contributed by atoms with Crippen molar-refractivity contribution in [3.8, 4) is 5.75 Å². The molecule has 3 heterocycles. The van der Waals surface area contributed by atoms with E-state index in [1.807, 2.05) is 79.0 Å². The van der Waals surface area contributed by atoms with E-state index < -0.39 is 0 Å². The van der Waals surface area contributed by atoms with Crippen molar-refractivity contribution in [3.63, 3.8) is 0 Å². The van der Waals surface area contributed by atoms with Crippen LogP contribution in [-0.2, 0) is 20.2 Å². The monoisotopic (exact) mass is 449 g/mol. The number of thiophene rings is 1. The van der Waals surface area contributed by atoms with E-state index in [9.17, 15) is 4.79 Å². The Balaban J connectivity index is 1.45. The van der Waals surface area contributed by atoms with Crippen LogP contribution in [0.4, 0.5) is 5.69 Å². The molecule has 0 aliphatic heterocycles. The summed E-state index contributed by atoms with van der Waals surface area (Å²) in [6.45, 7) is 8.99. The Morgan fingerprint density at radius 2 is 1.81 bits per heavy atom. The van der Waals surface area contributed by atoms with Gasteiger partial charge in [0.1, 0.15) is 12.4 Å². The normalized spacial score (nSPS) is 11.0. The number of aromatic nitrogens is 4. The van der Waals surface area contributed by atoms with Crippen molar-refractivity contribution in [1.82, 2.24) is 19.6 Å². The zero-order valence-corrected chi connectivity index (χ0v) is 19.8. The Morgan fingerprint density at radius 3 is 2.50 bits per heavy atom. The van der Waals surface area contributed by atoms with Gasteiger partial charge in [-0.2, -0.15) is 10.2 Å². The summed E-state index contributed by atoms with van der Waals surface area (Å²) in [5.74, 6) is 0.669. The van der Waals surface area contributed by atoms with Gasteiger partial charge in [0.25, 0.3) is 5.91 Å². The molecule has 0 radical (unpaired) electrons. The number of rotatable bonds is 7. The maximum absolute atomic E-state index is 12.9. The van der Waals surface area contributed by atoms with Crippen molar-refractivity contribution in [3.05, 3.63) is 80.6 Å². The largest absolute Gasteiger partial charge is 0.489 e. The molecule has 0 aliphatic rings. The van der Waals surface area contributed by atoms with E-state index in [0.717, 1.165) is 45.3 Å². The predicted octanol–water partition coefficient (Wildman–Crippen LogP) is 4.79. The van der Waals surface area contributed by atoms with Crippen LogP contribution in [0.1, 0.15) is 43.6 Å². The third-order valence-electron chi connectivity index (χ3n) is 5.61. The third kappa shape index (κ3) is 4.45. The molecule has 0 spiro atoms. The zero-order chi connectivity index (χ0) is 22.8. The molecule has 8 heteroatoms. The first kappa shape index (κ1) is 21.8. The minimum Gasteiger partial charge on any atom is -0.489 e. The van der Waals surface area contributed by atoms with Gasteiger partial charge in [0.15, 0.2) is 0 Å². The average Bonchev–Trinajstić information content (AvgIpc) is 3.43. The number of carbonyl (C=O) groups is 1.